The van der Waals surface area contributed by atoms with Crippen LogP contribution in [0, 0.1) is 4.77 Å². The molecule has 5 heteroatoms. The molecule has 0 bridgehead atoms. The summed E-state index contributed by atoms with van der Waals surface area (Å²) in [6, 6.07) is 4.26. The van der Waals surface area contributed by atoms with Gasteiger partial charge in [-0.1, -0.05) is 0 Å². The summed E-state index contributed by atoms with van der Waals surface area (Å²) < 4.78 is 2.83. The molecule has 1 aliphatic rings. The zero-order valence-corrected chi connectivity index (χ0v) is 10.4. The Morgan fingerprint density at radius 1 is 1.41 bits per heavy atom. The molecular formula is C12H14N4S. The van der Waals surface area contributed by atoms with Gasteiger partial charge in [0, 0.05) is 18.3 Å². The molecule has 0 aliphatic heterocycles. The van der Waals surface area contributed by atoms with Gasteiger partial charge in [0.1, 0.15) is 5.82 Å². The van der Waals surface area contributed by atoms with Crippen molar-refractivity contribution < 1.29 is 0 Å². The van der Waals surface area contributed by atoms with Crippen LogP contribution in [0.2, 0.25) is 0 Å². The molecule has 1 N–H and O–H groups in total. The summed E-state index contributed by atoms with van der Waals surface area (Å²) in [5.74, 6) is 1.69. The quantitative estimate of drug-likeness (QED) is 0.847. The van der Waals surface area contributed by atoms with Gasteiger partial charge in [-0.25, -0.2) is 0 Å². The van der Waals surface area contributed by atoms with E-state index < -0.39 is 0 Å². The number of aromatic amines is 1. The van der Waals surface area contributed by atoms with Crippen molar-refractivity contribution in [3.63, 3.8) is 0 Å². The van der Waals surface area contributed by atoms with Gasteiger partial charge < -0.3 is 0 Å². The van der Waals surface area contributed by atoms with Crippen LogP contribution in [0.1, 0.15) is 43.1 Å². The summed E-state index contributed by atoms with van der Waals surface area (Å²) in [6.07, 6.45) is 6.07. The van der Waals surface area contributed by atoms with E-state index in [1.165, 1.54) is 18.4 Å². The molecule has 3 rings (SSSR count). The molecule has 1 fully saturated rings. The molecule has 1 saturated carbocycles. The Morgan fingerprint density at radius 3 is 2.76 bits per heavy atom. The molecule has 1 atom stereocenters. The zero-order valence-electron chi connectivity index (χ0n) is 9.63. The predicted molar refractivity (Wildman–Crippen MR) is 67.4 cm³/mol. The van der Waals surface area contributed by atoms with E-state index >= 15 is 0 Å². The first-order valence-electron chi connectivity index (χ1n) is 5.84. The van der Waals surface area contributed by atoms with Gasteiger partial charge in [0.25, 0.3) is 0 Å². The molecule has 0 saturated heterocycles. The Morgan fingerprint density at radius 2 is 2.12 bits per heavy atom. The van der Waals surface area contributed by atoms with Crippen LogP contribution in [-0.2, 0) is 0 Å². The third-order valence-corrected chi connectivity index (χ3v) is 3.54. The highest BCUT2D eigenvalue weighted by atomic mass is 32.1. The number of pyridine rings is 1. The number of nitrogens with one attached hydrogen (secondary N) is 1. The minimum absolute atomic E-state index is 0.208. The Labute approximate surface area is 105 Å². The Hall–Kier alpha value is -1.49. The Balaban J connectivity index is 2.04. The highest BCUT2D eigenvalue weighted by Gasteiger charge is 2.30. The van der Waals surface area contributed by atoms with Crippen LogP contribution >= 0.6 is 12.2 Å². The monoisotopic (exact) mass is 246 g/mol. The lowest BCUT2D eigenvalue weighted by atomic mass is 10.1. The minimum Gasteiger partial charge on any atom is -0.297 e. The normalized spacial score (nSPS) is 17.0. The van der Waals surface area contributed by atoms with E-state index in [1.54, 1.807) is 0 Å². The highest BCUT2D eigenvalue weighted by Crippen LogP contribution is 2.40. The van der Waals surface area contributed by atoms with Crippen LogP contribution in [0.5, 0.6) is 0 Å². The lowest BCUT2D eigenvalue weighted by molar-refractivity contribution is 0.595. The van der Waals surface area contributed by atoms with Crippen LogP contribution < -0.4 is 0 Å². The van der Waals surface area contributed by atoms with Gasteiger partial charge in [0.2, 0.25) is 0 Å². The van der Waals surface area contributed by atoms with Gasteiger partial charge in [-0.2, -0.15) is 5.10 Å². The van der Waals surface area contributed by atoms with Crippen LogP contribution in [0.15, 0.2) is 24.5 Å². The molecule has 2 heterocycles. The summed E-state index contributed by atoms with van der Waals surface area (Å²) in [5.41, 5.74) is 1.21. The lowest BCUT2D eigenvalue weighted by Crippen LogP contribution is -2.10. The number of aromatic nitrogens is 4. The van der Waals surface area contributed by atoms with Gasteiger partial charge >= 0.3 is 0 Å². The van der Waals surface area contributed by atoms with Crippen molar-refractivity contribution in [2.75, 3.05) is 0 Å². The average Bonchev–Trinajstić information content (AvgIpc) is 3.13. The van der Waals surface area contributed by atoms with Crippen molar-refractivity contribution >= 4 is 12.2 Å². The lowest BCUT2D eigenvalue weighted by Gasteiger charge is -2.15. The third kappa shape index (κ3) is 1.91. The van der Waals surface area contributed by atoms with E-state index in [2.05, 4.69) is 26.7 Å². The minimum atomic E-state index is 0.208. The van der Waals surface area contributed by atoms with Crippen molar-refractivity contribution in [2.45, 2.75) is 31.7 Å². The van der Waals surface area contributed by atoms with E-state index in [0.29, 0.717) is 10.7 Å². The molecule has 2 aromatic rings. The van der Waals surface area contributed by atoms with Crippen LogP contribution in [-0.4, -0.2) is 19.7 Å². The molecule has 0 radical (unpaired) electrons. The second-order valence-electron chi connectivity index (χ2n) is 4.49. The number of nitrogens with zero attached hydrogens (tertiary/aromatic N) is 3. The maximum absolute atomic E-state index is 5.33. The molecule has 88 valence electrons. The number of rotatable bonds is 3. The van der Waals surface area contributed by atoms with Gasteiger partial charge in [-0.15, -0.1) is 0 Å². The maximum atomic E-state index is 5.33. The third-order valence-electron chi connectivity index (χ3n) is 3.25. The molecule has 0 aromatic carbocycles. The standard InChI is InChI=1S/C12H14N4S/c1-8(9-4-6-13-7-5-9)16-11(10-2-3-10)14-15-12(16)17/h4-8,10H,2-3H2,1H3,(H,15,17). The van der Waals surface area contributed by atoms with Gasteiger partial charge in [0.15, 0.2) is 4.77 Å². The molecule has 1 unspecified atom stereocenters. The first-order valence-corrected chi connectivity index (χ1v) is 6.25. The van der Waals surface area contributed by atoms with E-state index in [1.807, 2.05) is 24.5 Å². The molecular weight excluding hydrogens is 232 g/mol. The number of hydrogen-bond donors (Lipinski definition) is 1. The summed E-state index contributed by atoms with van der Waals surface area (Å²) in [5, 5.41) is 7.26. The van der Waals surface area contributed by atoms with Crippen LogP contribution in [0.3, 0.4) is 0 Å². The van der Waals surface area contributed by atoms with Crippen LogP contribution in [0.4, 0.5) is 0 Å². The summed E-state index contributed by atoms with van der Waals surface area (Å²) in [4.78, 5) is 4.04. The fourth-order valence-corrected chi connectivity index (χ4v) is 2.41. The number of H-pyrrole nitrogens is 1. The maximum Gasteiger partial charge on any atom is 0.195 e. The fourth-order valence-electron chi connectivity index (χ4n) is 2.11. The molecule has 0 spiro atoms. The Bertz CT molecular complexity index is 568. The molecule has 17 heavy (non-hydrogen) atoms. The van der Waals surface area contributed by atoms with Crippen molar-refractivity contribution in [2.24, 2.45) is 0 Å². The second kappa shape index (κ2) is 4.07. The van der Waals surface area contributed by atoms with Gasteiger partial charge in [-0.3, -0.25) is 14.6 Å². The molecule has 1 aliphatic carbocycles. The van der Waals surface area contributed by atoms with Gasteiger partial charge in [-0.05, 0) is 49.7 Å². The Kier molecular flexibility index (Phi) is 2.55. The van der Waals surface area contributed by atoms with Crippen LogP contribution in [0.25, 0.3) is 0 Å². The number of hydrogen-bond acceptors (Lipinski definition) is 3. The van der Waals surface area contributed by atoms with Crippen molar-refractivity contribution in [1.29, 1.82) is 0 Å². The summed E-state index contributed by atoms with van der Waals surface area (Å²) >= 11 is 5.33. The zero-order chi connectivity index (χ0) is 11.8. The van der Waals surface area contributed by atoms with Crippen molar-refractivity contribution in [1.82, 2.24) is 19.7 Å². The highest BCUT2D eigenvalue weighted by molar-refractivity contribution is 7.71. The van der Waals surface area contributed by atoms with E-state index in [4.69, 9.17) is 12.2 Å². The first kappa shape index (κ1) is 10.7. The summed E-state index contributed by atoms with van der Waals surface area (Å²) in [6.45, 7) is 2.15. The second-order valence-corrected chi connectivity index (χ2v) is 4.87. The summed E-state index contributed by atoms with van der Waals surface area (Å²) in [7, 11) is 0. The van der Waals surface area contributed by atoms with E-state index in [-0.39, 0.29) is 6.04 Å². The van der Waals surface area contributed by atoms with Crippen molar-refractivity contribution in [3.05, 3.63) is 40.7 Å². The first-order chi connectivity index (χ1) is 8.27. The predicted octanol–water partition coefficient (Wildman–Crippen LogP) is 2.82. The van der Waals surface area contributed by atoms with Crippen molar-refractivity contribution in [3.8, 4) is 0 Å². The largest absolute Gasteiger partial charge is 0.297 e. The fraction of sp³-hybridized carbons (Fsp3) is 0.417. The topological polar surface area (TPSA) is 46.5 Å². The molecule has 2 aromatic heterocycles. The SMILES string of the molecule is CC(c1ccncc1)n1c(C2CC2)n[nH]c1=S. The molecule has 0 amide bonds. The van der Waals surface area contributed by atoms with E-state index in [9.17, 15) is 0 Å². The smallest absolute Gasteiger partial charge is 0.195 e. The molecule has 4 nitrogen and oxygen atoms in total. The average molecular weight is 246 g/mol. The van der Waals surface area contributed by atoms with E-state index in [0.717, 1.165) is 5.82 Å². The van der Waals surface area contributed by atoms with Gasteiger partial charge in [0.05, 0.1) is 6.04 Å².